The van der Waals surface area contributed by atoms with E-state index in [9.17, 15) is 4.79 Å². The first-order chi connectivity index (χ1) is 12.7. The molecule has 0 bridgehead atoms. The van der Waals surface area contributed by atoms with Gasteiger partial charge in [-0.15, -0.1) is 0 Å². The van der Waals surface area contributed by atoms with Crippen LogP contribution in [0.4, 0.5) is 4.79 Å². The van der Waals surface area contributed by atoms with Gasteiger partial charge in [0.15, 0.2) is 0 Å². The number of nitrogens with zero attached hydrogens (tertiary/aromatic N) is 2. The Labute approximate surface area is 151 Å². The van der Waals surface area contributed by atoms with Gasteiger partial charge in [0.2, 0.25) is 0 Å². The summed E-state index contributed by atoms with van der Waals surface area (Å²) in [5.74, 6) is 1.52. The van der Waals surface area contributed by atoms with Gasteiger partial charge in [0.25, 0.3) is 0 Å². The van der Waals surface area contributed by atoms with Gasteiger partial charge in [-0.2, -0.15) is 5.10 Å². The number of amides is 2. The van der Waals surface area contributed by atoms with Crippen LogP contribution in [0.1, 0.15) is 0 Å². The first-order valence-electron chi connectivity index (χ1n) is 8.12. The smallest absolute Gasteiger partial charge is 0.312 e. The first-order valence-corrected chi connectivity index (χ1v) is 8.12. The summed E-state index contributed by atoms with van der Waals surface area (Å²) in [5.41, 5.74) is 7.94. The molecule has 0 aliphatic rings. The number of aromatic nitrogens is 2. The van der Waals surface area contributed by atoms with E-state index in [0.29, 0.717) is 13.2 Å². The zero-order valence-electron chi connectivity index (χ0n) is 14.4. The highest BCUT2D eigenvalue weighted by molar-refractivity contribution is 5.71. The van der Waals surface area contributed by atoms with E-state index < -0.39 is 6.03 Å². The number of rotatable bonds is 7. The minimum atomic E-state index is -0.559. The van der Waals surface area contributed by atoms with Gasteiger partial charge in [-0.25, -0.2) is 9.48 Å². The lowest BCUT2D eigenvalue weighted by molar-refractivity contribution is 0.244. The van der Waals surface area contributed by atoms with Gasteiger partial charge in [0.05, 0.1) is 31.2 Å². The number of carbonyl (C=O) groups excluding carboxylic acids is 1. The minimum absolute atomic E-state index is 0.353. The Hall–Kier alpha value is -3.48. The number of benzene rings is 2. The van der Waals surface area contributed by atoms with Crippen LogP contribution in [0.25, 0.3) is 16.9 Å². The molecular weight excluding hydrogens is 332 g/mol. The highest BCUT2D eigenvalue weighted by atomic mass is 16.5. The molecule has 0 aliphatic heterocycles. The maximum atomic E-state index is 10.6. The molecule has 0 atom stereocenters. The average Bonchev–Trinajstić information content (AvgIpc) is 3.15. The fraction of sp³-hybridized carbons (Fsp3) is 0.158. The van der Waals surface area contributed by atoms with Crippen LogP contribution < -0.4 is 20.5 Å². The van der Waals surface area contributed by atoms with Gasteiger partial charge in [0, 0.05) is 5.56 Å². The van der Waals surface area contributed by atoms with Crippen molar-refractivity contribution in [2.45, 2.75) is 0 Å². The van der Waals surface area contributed by atoms with Gasteiger partial charge in [0.1, 0.15) is 18.1 Å². The Bertz CT molecular complexity index is 857. The molecule has 0 spiro atoms. The Kier molecular flexibility index (Phi) is 5.38. The van der Waals surface area contributed by atoms with Gasteiger partial charge in [-0.1, -0.05) is 0 Å². The fourth-order valence-corrected chi connectivity index (χ4v) is 2.52. The molecule has 1 aromatic heterocycles. The molecule has 2 amide bonds. The summed E-state index contributed by atoms with van der Waals surface area (Å²) in [4.78, 5) is 10.6. The van der Waals surface area contributed by atoms with E-state index in [1.54, 1.807) is 13.3 Å². The van der Waals surface area contributed by atoms with Crippen molar-refractivity contribution < 1.29 is 14.3 Å². The molecule has 2 aromatic carbocycles. The van der Waals surface area contributed by atoms with E-state index in [0.717, 1.165) is 28.4 Å². The molecule has 7 nitrogen and oxygen atoms in total. The second kappa shape index (κ2) is 8.06. The molecule has 0 saturated carbocycles. The molecule has 0 radical (unpaired) electrons. The maximum absolute atomic E-state index is 10.6. The van der Waals surface area contributed by atoms with Crippen LogP contribution in [0.3, 0.4) is 0 Å². The molecule has 0 fully saturated rings. The normalized spacial score (nSPS) is 10.3. The summed E-state index contributed by atoms with van der Waals surface area (Å²) in [7, 11) is 1.64. The van der Waals surface area contributed by atoms with E-state index in [-0.39, 0.29) is 0 Å². The quantitative estimate of drug-likeness (QED) is 0.640. The van der Waals surface area contributed by atoms with Crippen LogP contribution in [-0.2, 0) is 0 Å². The minimum Gasteiger partial charge on any atom is -0.497 e. The van der Waals surface area contributed by atoms with Crippen LogP contribution >= 0.6 is 0 Å². The summed E-state index contributed by atoms with van der Waals surface area (Å²) < 4.78 is 12.6. The number of nitrogens with two attached hydrogens (primary N) is 1. The Morgan fingerprint density at radius 2 is 1.77 bits per heavy atom. The maximum Gasteiger partial charge on any atom is 0.312 e. The summed E-state index contributed by atoms with van der Waals surface area (Å²) in [6.45, 7) is 0.716. The lowest BCUT2D eigenvalue weighted by Crippen LogP contribution is -2.32. The van der Waals surface area contributed by atoms with Crippen molar-refractivity contribution in [1.82, 2.24) is 15.1 Å². The second-order valence-electron chi connectivity index (χ2n) is 5.49. The molecule has 0 aliphatic carbocycles. The van der Waals surface area contributed by atoms with Crippen molar-refractivity contribution in [2.75, 3.05) is 20.3 Å². The van der Waals surface area contributed by atoms with Gasteiger partial charge in [-0.3, -0.25) is 0 Å². The van der Waals surface area contributed by atoms with Crippen molar-refractivity contribution in [3.05, 3.63) is 60.8 Å². The SMILES string of the molecule is COc1ccc(-n2nccc2-c2ccc(OCCNC(N)=O)cc2)cc1. The standard InChI is InChI=1S/C19H20N4O3/c1-25-16-8-4-15(5-9-16)23-18(10-11-22-23)14-2-6-17(7-3-14)26-13-12-21-19(20)24/h2-11H,12-13H2,1H3,(H3,20,21,24). The van der Waals surface area contributed by atoms with Crippen molar-refractivity contribution in [1.29, 1.82) is 0 Å². The monoisotopic (exact) mass is 352 g/mol. The number of carbonyl (C=O) groups is 1. The number of hydrogen-bond donors (Lipinski definition) is 2. The summed E-state index contributed by atoms with van der Waals surface area (Å²) in [6.07, 6.45) is 1.76. The van der Waals surface area contributed by atoms with E-state index in [1.165, 1.54) is 0 Å². The highest BCUT2D eigenvalue weighted by Crippen LogP contribution is 2.25. The van der Waals surface area contributed by atoms with Crippen LogP contribution in [-0.4, -0.2) is 36.1 Å². The van der Waals surface area contributed by atoms with Gasteiger partial charge < -0.3 is 20.5 Å². The van der Waals surface area contributed by atoms with Crippen molar-refractivity contribution >= 4 is 6.03 Å². The van der Waals surface area contributed by atoms with Crippen molar-refractivity contribution in [3.63, 3.8) is 0 Å². The molecular formula is C19H20N4O3. The lowest BCUT2D eigenvalue weighted by atomic mass is 10.1. The number of methoxy groups -OCH3 is 1. The van der Waals surface area contributed by atoms with Crippen molar-refractivity contribution in [2.24, 2.45) is 5.73 Å². The van der Waals surface area contributed by atoms with Crippen molar-refractivity contribution in [3.8, 4) is 28.4 Å². The fourth-order valence-electron chi connectivity index (χ4n) is 2.52. The summed E-state index contributed by atoms with van der Waals surface area (Å²) in [6, 6.07) is 16.8. The topological polar surface area (TPSA) is 91.4 Å². The molecule has 7 heteroatoms. The number of primary amides is 1. The second-order valence-corrected chi connectivity index (χ2v) is 5.49. The Balaban J connectivity index is 1.71. The molecule has 3 N–H and O–H groups in total. The molecule has 1 heterocycles. The Morgan fingerprint density at radius 3 is 2.42 bits per heavy atom. The lowest BCUT2D eigenvalue weighted by Gasteiger charge is -2.10. The number of nitrogens with one attached hydrogen (secondary N) is 1. The molecule has 134 valence electrons. The zero-order chi connectivity index (χ0) is 18.4. The average molecular weight is 352 g/mol. The number of ether oxygens (including phenoxy) is 2. The first kappa shape index (κ1) is 17.3. The van der Waals surface area contributed by atoms with Crippen LogP contribution in [0.2, 0.25) is 0 Å². The van der Waals surface area contributed by atoms with E-state index in [2.05, 4.69) is 10.4 Å². The third-order valence-corrected chi connectivity index (χ3v) is 3.78. The van der Waals surface area contributed by atoms with Crippen LogP contribution in [0.15, 0.2) is 60.8 Å². The summed E-state index contributed by atoms with van der Waals surface area (Å²) >= 11 is 0. The molecule has 26 heavy (non-hydrogen) atoms. The zero-order valence-corrected chi connectivity index (χ0v) is 14.4. The predicted octanol–water partition coefficient (Wildman–Crippen LogP) is 2.60. The third-order valence-electron chi connectivity index (χ3n) is 3.78. The molecule has 3 rings (SSSR count). The van der Waals surface area contributed by atoms with Gasteiger partial charge in [-0.05, 0) is 54.6 Å². The Morgan fingerprint density at radius 1 is 1.08 bits per heavy atom. The number of urea groups is 1. The summed E-state index contributed by atoms with van der Waals surface area (Å²) in [5, 5.41) is 6.89. The van der Waals surface area contributed by atoms with E-state index in [1.807, 2.05) is 59.3 Å². The highest BCUT2D eigenvalue weighted by Gasteiger charge is 2.08. The van der Waals surface area contributed by atoms with Crippen LogP contribution in [0, 0.1) is 0 Å². The third kappa shape index (κ3) is 4.13. The van der Waals surface area contributed by atoms with E-state index >= 15 is 0 Å². The number of hydrogen-bond acceptors (Lipinski definition) is 4. The van der Waals surface area contributed by atoms with Gasteiger partial charge >= 0.3 is 6.03 Å². The molecule has 0 saturated heterocycles. The van der Waals surface area contributed by atoms with E-state index in [4.69, 9.17) is 15.2 Å². The predicted molar refractivity (Wildman–Crippen MR) is 98.6 cm³/mol. The molecule has 3 aromatic rings. The largest absolute Gasteiger partial charge is 0.497 e. The molecule has 0 unspecified atom stereocenters. The van der Waals surface area contributed by atoms with Crippen LogP contribution in [0.5, 0.6) is 11.5 Å².